The number of aromatic nitrogens is 3. The summed E-state index contributed by atoms with van der Waals surface area (Å²) in [5, 5.41) is 3.41. The molecule has 2 aromatic heterocycles. The Morgan fingerprint density at radius 1 is 1.33 bits per heavy atom. The van der Waals surface area contributed by atoms with E-state index in [0.29, 0.717) is 26.6 Å². The van der Waals surface area contributed by atoms with Gasteiger partial charge in [-0.15, -0.1) is 0 Å². The number of hydrogen-bond acceptors (Lipinski definition) is 7. The molecule has 0 fully saturated rings. The molecule has 8 nitrogen and oxygen atoms in total. The molecule has 2 amide bonds. The number of hydrogen-bond donors (Lipinski definition) is 2. The van der Waals surface area contributed by atoms with Crippen molar-refractivity contribution in [1.29, 1.82) is 0 Å². The maximum Gasteiger partial charge on any atom is 0.265 e. The number of amides is 2. The number of anilines is 1. The van der Waals surface area contributed by atoms with E-state index in [1.165, 1.54) is 11.0 Å². The third-order valence-corrected chi connectivity index (χ3v) is 4.77. The summed E-state index contributed by atoms with van der Waals surface area (Å²) in [5.41, 5.74) is 0.906. The number of nitrogens with one attached hydrogen (secondary N) is 2. The van der Waals surface area contributed by atoms with E-state index >= 15 is 0 Å². The summed E-state index contributed by atoms with van der Waals surface area (Å²) in [6, 6.07) is 1.38. The molecule has 2 N–H and O–H groups in total. The normalized spacial score (nSPS) is 10.5. The summed E-state index contributed by atoms with van der Waals surface area (Å²) >= 11 is 2.26. The highest BCUT2D eigenvalue weighted by molar-refractivity contribution is 7.99. The van der Waals surface area contributed by atoms with Crippen molar-refractivity contribution in [2.24, 2.45) is 0 Å². The van der Waals surface area contributed by atoms with Crippen LogP contribution in [-0.2, 0) is 4.79 Å². The fraction of sp³-hybridized carbons (Fsp3) is 0.357. The highest BCUT2D eigenvalue weighted by Gasteiger charge is 2.18. The van der Waals surface area contributed by atoms with Gasteiger partial charge in [0.05, 0.1) is 11.4 Å². The van der Waals surface area contributed by atoms with Crippen molar-refractivity contribution in [2.45, 2.75) is 19.0 Å². The van der Waals surface area contributed by atoms with Gasteiger partial charge in [0.2, 0.25) is 5.91 Å². The largest absolute Gasteiger partial charge is 0.344 e. The summed E-state index contributed by atoms with van der Waals surface area (Å²) in [7, 11) is 3.32. The molecular weight excluding hydrogens is 350 g/mol. The fourth-order valence-electron chi connectivity index (χ4n) is 1.76. The smallest absolute Gasteiger partial charge is 0.265 e. The molecule has 2 rings (SSSR count). The van der Waals surface area contributed by atoms with E-state index in [1.54, 1.807) is 27.9 Å². The number of aromatic amines is 1. The van der Waals surface area contributed by atoms with Gasteiger partial charge in [0.1, 0.15) is 4.88 Å². The van der Waals surface area contributed by atoms with Crippen LogP contribution in [0.3, 0.4) is 0 Å². The molecule has 0 bridgehead atoms. The van der Waals surface area contributed by atoms with Crippen molar-refractivity contribution in [1.82, 2.24) is 19.9 Å². The van der Waals surface area contributed by atoms with Gasteiger partial charge >= 0.3 is 0 Å². The van der Waals surface area contributed by atoms with Crippen LogP contribution in [0.4, 0.5) is 5.13 Å². The van der Waals surface area contributed by atoms with Crippen LogP contribution in [0.2, 0.25) is 0 Å². The Morgan fingerprint density at radius 3 is 2.67 bits per heavy atom. The zero-order valence-electron chi connectivity index (χ0n) is 13.7. The standard InChI is InChI=1S/C14H17N5O3S2/c1-7-5-9(20)17-13(15-7)23-6-10(21)18-14-16-8(2)11(24-14)12(22)19(3)4/h5H,6H2,1-4H3,(H,15,17,20)(H,16,18,21). The molecule has 0 aliphatic heterocycles. The van der Waals surface area contributed by atoms with E-state index in [1.807, 2.05) is 0 Å². The number of rotatable bonds is 5. The van der Waals surface area contributed by atoms with Crippen LogP contribution in [0, 0.1) is 13.8 Å². The third-order valence-electron chi connectivity index (χ3n) is 2.83. The van der Waals surface area contributed by atoms with Gasteiger partial charge < -0.3 is 15.2 Å². The van der Waals surface area contributed by atoms with Gasteiger partial charge in [-0.05, 0) is 13.8 Å². The lowest BCUT2D eigenvalue weighted by molar-refractivity contribution is -0.113. The molecule has 0 unspecified atom stereocenters. The van der Waals surface area contributed by atoms with E-state index in [0.717, 1.165) is 23.1 Å². The maximum absolute atomic E-state index is 12.0. The van der Waals surface area contributed by atoms with E-state index in [9.17, 15) is 14.4 Å². The molecule has 0 atom stereocenters. The van der Waals surface area contributed by atoms with Crippen LogP contribution in [-0.4, -0.2) is 51.5 Å². The van der Waals surface area contributed by atoms with Crippen LogP contribution in [0.5, 0.6) is 0 Å². The molecule has 0 spiro atoms. The van der Waals surface area contributed by atoms with E-state index in [2.05, 4.69) is 20.3 Å². The molecule has 0 saturated carbocycles. The number of nitrogens with zero attached hydrogens (tertiary/aromatic N) is 3. The van der Waals surface area contributed by atoms with Crippen LogP contribution in [0.15, 0.2) is 16.0 Å². The average molecular weight is 367 g/mol. The SMILES string of the molecule is Cc1cc(=O)[nH]c(SCC(=O)Nc2nc(C)c(C(=O)N(C)C)s2)n1. The Hall–Kier alpha value is -2.20. The zero-order valence-corrected chi connectivity index (χ0v) is 15.3. The predicted molar refractivity (Wildman–Crippen MR) is 93.8 cm³/mol. The second-order valence-corrected chi connectivity index (χ2v) is 7.13. The van der Waals surface area contributed by atoms with E-state index in [4.69, 9.17) is 0 Å². The first kappa shape index (κ1) is 18.1. The first-order chi connectivity index (χ1) is 11.3. The number of thioether (sulfide) groups is 1. The molecule has 2 heterocycles. The molecule has 0 aliphatic carbocycles. The molecule has 0 radical (unpaired) electrons. The summed E-state index contributed by atoms with van der Waals surface area (Å²) in [4.78, 5) is 48.2. The summed E-state index contributed by atoms with van der Waals surface area (Å²) in [5.74, 6) is -0.370. The number of carbonyl (C=O) groups excluding carboxylic acids is 2. The van der Waals surface area contributed by atoms with Gasteiger partial charge in [0.25, 0.3) is 11.5 Å². The van der Waals surface area contributed by atoms with Crippen molar-refractivity contribution in [3.05, 3.63) is 32.7 Å². The number of thiazole rings is 1. The van der Waals surface area contributed by atoms with Crippen molar-refractivity contribution >= 4 is 40.0 Å². The Balaban J connectivity index is 1.99. The Kier molecular flexibility index (Phi) is 5.73. The van der Waals surface area contributed by atoms with Crippen molar-refractivity contribution in [2.75, 3.05) is 25.2 Å². The molecule has 0 aromatic carbocycles. The lowest BCUT2D eigenvalue weighted by Crippen LogP contribution is -2.21. The van der Waals surface area contributed by atoms with Gasteiger partial charge in [-0.25, -0.2) is 9.97 Å². The first-order valence-electron chi connectivity index (χ1n) is 6.96. The Morgan fingerprint density at radius 2 is 2.04 bits per heavy atom. The van der Waals surface area contributed by atoms with Crippen molar-refractivity contribution < 1.29 is 9.59 Å². The third kappa shape index (κ3) is 4.65. The molecule has 0 aliphatic rings. The van der Waals surface area contributed by atoms with Gasteiger partial charge in [-0.2, -0.15) is 0 Å². The zero-order chi connectivity index (χ0) is 17.9. The average Bonchev–Trinajstić information content (AvgIpc) is 2.83. The topological polar surface area (TPSA) is 108 Å². The maximum atomic E-state index is 12.0. The first-order valence-corrected chi connectivity index (χ1v) is 8.76. The van der Waals surface area contributed by atoms with Gasteiger partial charge in [-0.3, -0.25) is 14.4 Å². The lowest BCUT2D eigenvalue weighted by Gasteiger charge is -2.07. The van der Waals surface area contributed by atoms with Crippen LogP contribution in [0.1, 0.15) is 21.1 Å². The molecular formula is C14H17N5O3S2. The van der Waals surface area contributed by atoms with E-state index < -0.39 is 0 Å². The summed E-state index contributed by atoms with van der Waals surface area (Å²) in [6.07, 6.45) is 0. The minimum absolute atomic E-state index is 0.0714. The minimum atomic E-state index is -0.290. The van der Waals surface area contributed by atoms with Gasteiger partial charge in [0, 0.05) is 25.9 Å². The van der Waals surface area contributed by atoms with Gasteiger partial charge in [0.15, 0.2) is 10.3 Å². The number of aryl methyl sites for hydroxylation is 2. The number of carbonyl (C=O) groups is 2. The molecule has 24 heavy (non-hydrogen) atoms. The van der Waals surface area contributed by atoms with Crippen LogP contribution < -0.4 is 10.9 Å². The van der Waals surface area contributed by atoms with Crippen molar-refractivity contribution in [3.63, 3.8) is 0 Å². The molecule has 0 saturated heterocycles. The quantitative estimate of drug-likeness (QED) is 0.609. The monoisotopic (exact) mass is 367 g/mol. The highest BCUT2D eigenvalue weighted by atomic mass is 32.2. The number of H-pyrrole nitrogens is 1. The molecule has 2 aromatic rings. The minimum Gasteiger partial charge on any atom is -0.344 e. The molecule has 128 valence electrons. The van der Waals surface area contributed by atoms with Crippen LogP contribution in [0.25, 0.3) is 0 Å². The second-order valence-electron chi connectivity index (χ2n) is 5.16. The van der Waals surface area contributed by atoms with Gasteiger partial charge in [-0.1, -0.05) is 23.1 Å². The lowest BCUT2D eigenvalue weighted by atomic mass is 10.3. The predicted octanol–water partition coefficient (Wildman–Crippen LogP) is 1.28. The van der Waals surface area contributed by atoms with Crippen LogP contribution >= 0.6 is 23.1 Å². The molecule has 10 heteroatoms. The fourth-order valence-corrected chi connectivity index (χ4v) is 3.49. The summed E-state index contributed by atoms with van der Waals surface area (Å²) < 4.78 is 0. The Labute approximate surface area is 146 Å². The van der Waals surface area contributed by atoms with E-state index in [-0.39, 0.29) is 23.1 Å². The highest BCUT2D eigenvalue weighted by Crippen LogP contribution is 2.24. The second kappa shape index (κ2) is 7.58. The Bertz CT molecular complexity index is 828. The van der Waals surface area contributed by atoms with Crippen molar-refractivity contribution in [3.8, 4) is 0 Å². The summed E-state index contributed by atoms with van der Waals surface area (Å²) in [6.45, 7) is 3.43.